The highest BCUT2D eigenvalue weighted by Gasteiger charge is 2.33. The SMILES string of the molecule is Cn1cc(-c2cnc(C3(N)CCCC3)[nH]2)cn1. The van der Waals surface area contributed by atoms with Gasteiger partial charge < -0.3 is 10.7 Å². The summed E-state index contributed by atoms with van der Waals surface area (Å²) < 4.78 is 1.78. The second kappa shape index (κ2) is 3.70. The predicted octanol–water partition coefficient (Wildman–Crippen LogP) is 1.54. The largest absolute Gasteiger partial charge is 0.340 e. The van der Waals surface area contributed by atoms with Crippen molar-refractivity contribution in [2.75, 3.05) is 0 Å². The number of hydrogen-bond acceptors (Lipinski definition) is 3. The van der Waals surface area contributed by atoms with Crippen LogP contribution in [0.3, 0.4) is 0 Å². The monoisotopic (exact) mass is 231 g/mol. The van der Waals surface area contributed by atoms with Crippen LogP contribution in [0.15, 0.2) is 18.6 Å². The highest BCUT2D eigenvalue weighted by molar-refractivity contribution is 5.56. The molecule has 5 heteroatoms. The number of imidazole rings is 1. The second-order valence-corrected chi connectivity index (χ2v) is 4.91. The molecule has 0 amide bonds. The Balaban J connectivity index is 1.92. The first-order chi connectivity index (χ1) is 8.17. The molecule has 3 N–H and O–H groups in total. The molecule has 0 atom stereocenters. The molecule has 0 aromatic carbocycles. The molecule has 1 aliphatic rings. The predicted molar refractivity (Wildman–Crippen MR) is 65.1 cm³/mol. The van der Waals surface area contributed by atoms with Crippen molar-refractivity contribution in [1.82, 2.24) is 19.7 Å². The van der Waals surface area contributed by atoms with E-state index < -0.39 is 0 Å². The standard InChI is InChI=1S/C12H17N5/c1-17-8-9(6-15-17)10-7-14-11(16-10)12(13)4-2-3-5-12/h6-8H,2-5,13H2,1H3,(H,14,16). The fourth-order valence-electron chi connectivity index (χ4n) is 2.52. The van der Waals surface area contributed by atoms with Crippen LogP contribution in [-0.2, 0) is 12.6 Å². The smallest absolute Gasteiger partial charge is 0.126 e. The van der Waals surface area contributed by atoms with Gasteiger partial charge in [0.1, 0.15) is 5.82 Å². The molecule has 3 rings (SSSR count). The van der Waals surface area contributed by atoms with Crippen LogP contribution in [0.2, 0.25) is 0 Å². The van der Waals surface area contributed by atoms with E-state index in [1.54, 1.807) is 4.68 Å². The van der Waals surface area contributed by atoms with Crippen molar-refractivity contribution in [2.24, 2.45) is 12.8 Å². The fourth-order valence-corrected chi connectivity index (χ4v) is 2.52. The van der Waals surface area contributed by atoms with Gasteiger partial charge in [-0.3, -0.25) is 4.68 Å². The number of nitrogens with two attached hydrogens (primary N) is 1. The van der Waals surface area contributed by atoms with Gasteiger partial charge in [-0.1, -0.05) is 12.8 Å². The van der Waals surface area contributed by atoms with E-state index in [2.05, 4.69) is 15.1 Å². The average molecular weight is 231 g/mol. The molecule has 2 aromatic heterocycles. The van der Waals surface area contributed by atoms with E-state index >= 15 is 0 Å². The number of nitrogens with zero attached hydrogens (tertiary/aromatic N) is 3. The molecule has 1 saturated carbocycles. The third-order valence-corrected chi connectivity index (χ3v) is 3.56. The minimum absolute atomic E-state index is 0.250. The first-order valence-electron chi connectivity index (χ1n) is 6.01. The van der Waals surface area contributed by atoms with E-state index in [0.29, 0.717) is 0 Å². The third kappa shape index (κ3) is 1.76. The van der Waals surface area contributed by atoms with Crippen LogP contribution in [0.4, 0.5) is 0 Å². The van der Waals surface area contributed by atoms with Crippen LogP contribution in [0.1, 0.15) is 31.5 Å². The van der Waals surface area contributed by atoms with Gasteiger partial charge in [-0.15, -0.1) is 0 Å². The zero-order valence-corrected chi connectivity index (χ0v) is 9.98. The van der Waals surface area contributed by atoms with Gasteiger partial charge in [0.25, 0.3) is 0 Å². The molecule has 2 aromatic rings. The Morgan fingerprint density at radius 1 is 1.35 bits per heavy atom. The second-order valence-electron chi connectivity index (χ2n) is 4.91. The molecule has 90 valence electrons. The van der Waals surface area contributed by atoms with Gasteiger partial charge in [-0.25, -0.2) is 4.98 Å². The lowest BCUT2D eigenvalue weighted by atomic mass is 9.99. The Kier molecular flexibility index (Phi) is 2.29. The van der Waals surface area contributed by atoms with Gasteiger partial charge in [-0.2, -0.15) is 5.10 Å². The molecule has 0 bridgehead atoms. The summed E-state index contributed by atoms with van der Waals surface area (Å²) in [5, 5.41) is 4.15. The summed E-state index contributed by atoms with van der Waals surface area (Å²) in [6.45, 7) is 0. The first-order valence-corrected chi connectivity index (χ1v) is 6.01. The minimum atomic E-state index is -0.250. The maximum Gasteiger partial charge on any atom is 0.126 e. The average Bonchev–Trinajstić information content (AvgIpc) is 2.96. The van der Waals surface area contributed by atoms with E-state index in [-0.39, 0.29) is 5.54 Å². The summed E-state index contributed by atoms with van der Waals surface area (Å²) in [6, 6.07) is 0. The summed E-state index contributed by atoms with van der Waals surface area (Å²) >= 11 is 0. The molecule has 0 radical (unpaired) electrons. The molecule has 0 aliphatic heterocycles. The topological polar surface area (TPSA) is 72.5 Å². The summed E-state index contributed by atoms with van der Waals surface area (Å²) in [5.41, 5.74) is 8.15. The lowest BCUT2D eigenvalue weighted by molar-refractivity contribution is 0.436. The Morgan fingerprint density at radius 2 is 2.12 bits per heavy atom. The molecule has 1 fully saturated rings. The van der Waals surface area contributed by atoms with Crippen LogP contribution < -0.4 is 5.73 Å². The van der Waals surface area contributed by atoms with E-state index in [0.717, 1.165) is 29.9 Å². The molecule has 1 aliphatic carbocycles. The van der Waals surface area contributed by atoms with Crippen LogP contribution >= 0.6 is 0 Å². The maximum absolute atomic E-state index is 6.36. The Labute approximate surface area is 100 Å². The summed E-state index contributed by atoms with van der Waals surface area (Å²) in [5.74, 6) is 0.911. The number of aromatic amines is 1. The van der Waals surface area contributed by atoms with E-state index in [9.17, 15) is 0 Å². The Bertz CT molecular complexity index is 518. The lowest BCUT2D eigenvalue weighted by Gasteiger charge is -2.20. The Morgan fingerprint density at radius 3 is 2.76 bits per heavy atom. The van der Waals surface area contributed by atoms with E-state index in [1.165, 1.54) is 12.8 Å². The number of rotatable bonds is 2. The van der Waals surface area contributed by atoms with E-state index in [1.807, 2.05) is 25.6 Å². The van der Waals surface area contributed by atoms with Gasteiger partial charge in [0.2, 0.25) is 0 Å². The molecule has 0 saturated heterocycles. The van der Waals surface area contributed by atoms with Crippen molar-refractivity contribution in [3.63, 3.8) is 0 Å². The maximum atomic E-state index is 6.36. The van der Waals surface area contributed by atoms with Crippen molar-refractivity contribution >= 4 is 0 Å². The van der Waals surface area contributed by atoms with Gasteiger partial charge in [0.15, 0.2) is 0 Å². The first kappa shape index (κ1) is 10.5. The van der Waals surface area contributed by atoms with Crippen LogP contribution in [0.5, 0.6) is 0 Å². The molecule has 0 spiro atoms. The van der Waals surface area contributed by atoms with Gasteiger partial charge >= 0.3 is 0 Å². The van der Waals surface area contributed by atoms with Crippen molar-refractivity contribution in [2.45, 2.75) is 31.2 Å². The van der Waals surface area contributed by atoms with Crippen molar-refractivity contribution < 1.29 is 0 Å². The van der Waals surface area contributed by atoms with Crippen LogP contribution in [-0.4, -0.2) is 19.7 Å². The van der Waals surface area contributed by atoms with Gasteiger partial charge in [-0.05, 0) is 12.8 Å². The lowest BCUT2D eigenvalue weighted by Crippen LogP contribution is -2.34. The molecular formula is C12H17N5. The molecular weight excluding hydrogens is 214 g/mol. The summed E-state index contributed by atoms with van der Waals surface area (Å²) in [4.78, 5) is 7.77. The van der Waals surface area contributed by atoms with Crippen molar-refractivity contribution in [1.29, 1.82) is 0 Å². The number of nitrogens with one attached hydrogen (secondary N) is 1. The fraction of sp³-hybridized carbons (Fsp3) is 0.500. The van der Waals surface area contributed by atoms with Gasteiger partial charge in [0, 0.05) is 18.8 Å². The van der Waals surface area contributed by atoms with Crippen molar-refractivity contribution in [3.8, 4) is 11.3 Å². The Hall–Kier alpha value is -1.62. The van der Waals surface area contributed by atoms with Crippen LogP contribution in [0.25, 0.3) is 11.3 Å². The molecule has 5 nitrogen and oxygen atoms in total. The molecule has 0 unspecified atom stereocenters. The highest BCUT2D eigenvalue weighted by Crippen LogP contribution is 2.35. The molecule has 2 heterocycles. The summed E-state index contributed by atoms with van der Waals surface area (Å²) in [7, 11) is 1.90. The number of H-pyrrole nitrogens is 1. The normalized spacial score (nSPS) is 18.7. The highest BCUT2D eigenvalue weighted by atomic mass is 15.2. The third-order valence-electron chi connectivity index (χ3n) is 3.56. The van der Waals surface area contributed by atoms with Crippen molar-refractivity contribution in [3.05, 3.63) is 24.4 Å². The number of hydrogen-bond donors (Lipinski definition) is 2. The van der Waals surface area contributed by atoms with Crippen LogP contribution in [0, 0.1) is 0 Å². The number of aromatic nitrogens is 4. The number of aryl methyl sites for hydroxylation is 1. The quantitative estimate of drug-likeness (QED) is 0.823. The minimum Gasteiger partial charge on any atom is -0.340 e. The zero-order valence-electron chi connectivity index (χ0n) is 9.98. The zero-order chi connectivity index (χ0) is 11.9. The van der Waals surface area contributed by atoms with E-state index in [4.69, 9.17) is 5.73 Å². The summed E-state index contributed by atoms with van der Waals surface area (Å²) in [6.07, 6.45) is 10.1. The van der Waals surface area contributed by atoms with Gasteiger partial charge in [0.05, 0.1) is 23.6 Å². The molecule has 17 heavy (non-hydrogen) atoms.